The fraction of sp³-hybridized carbons (Fsp3) is 0.889. The topological polar surface area (TPSA) is 86.0 Å². The van der Waals surface area contributed by atoms with Crippen molar-refractivity contribution >= 4 is 12.0 Å². The number of urea groups is 1. The van der Waals surface area contributed by atoms with Crippen LogP contribution in [0.5, 0.6) is 0 Å². The molecule has 1 aliphatic heterocycles. The molecule has 7 heteroatoms. The average Bonchev–Trinajstić information content (AvgIpc) is 2.54. The molecule has 7 nitrogen and oxygen atoms in total. The number of primary amides is 1. The summed E-state index contributed by atoms with van der Waals surface area (Å²) < 4.78 is 0. The van der Waals surface area contributed by atoms with Crippen LogP contribution in [-0.4, -0.2) is 72.6 Å². The van der Waals surface area contributed by atoms with E-state index < -0.39 is 0 Å². The number of rotatable bonds is 8. The molecule has 1 aliphatic rings. The van der Waals surface area contributed by atoms with Crippen LogP contribution in [0.1, 0.15) is 53.9 Å². The highest BCUT2D eigenvalue weighted by Crippen LogP contribution is 2.10. The van der Waals surface area contributed by atoms with Crippen molar-refractivity contribution in [3.05, 3.63) is 0 Å². The number of likely N-dealkylation sites (tertiary alicyclic amines) is 1. The van der Waals surface area contributed by atoms with Gasteiger partial charge in [-0.3, -0.25) is 9.89 Å². The molecular weight excluding hydrogens is 316 g/mol. The zero-order valence-corrected chi connectivity index (χ0v) is 16.7. The van der Waals surface area contributed by atoms with Crippen molar-refractivity contribution in [2.75, 3.05) is 32.7 Å². The van der Waals surface area contributed by atoms with Gasteiger partial charge in [-0.05, 0) is 53.9 Å². The summed E-state index contributed by atoms with van der Waals surface area (Å²) in [5.74, 6) is 0.876. The molecular formula is C18H38N6O. The molecule has 0 saturated carbocycles. The lowest BCUT2D eigenvalue weighted by Gasteiger charge is -2.32. The van der Waals surface area contributed by atoms with Gasteiger partial charge < -0.3 is 21.3 Å². The Labute approximate surface area is 153 Å². The van der Waals surface area contributed by atoms with Crippen LogP contribution in [0.15, 0.2) is 4.99 Å². The minimum atomic E-state index is -0.320. The molecule has 0 aromatic rings. The minimum absolute atomic E-state index is 0.320. The Kier molecular flexibility index (Phi) is 9.63. The highest BCUT2D eigenvalue weighted by molar-refractivity contribution is 5.80. The van der Waals surface area contributed by atoms with Crippen molar-refractivity contribution < 1.29 is 4.79 Å². The van der Waals surface area contributed by atoms with Crippen LogP contribution in [0, 0.1) is 0 Å². The number of nitrogens with one attached hydrogen (secondary N) is 2. The first-order valence-corrected chi connectivity index (χ1v) is 9.70. The Hall–Kier alpha value is -1.50. The summed E-state index contributed by atoms with van der Waals surface area (Å²) >= 11 is 0. The van der Waals surface area contributed by atoms with Crippen LogP contribution in [0.4, 0.5) is 4.79 Å². The van der Waals surface area contributed by atoms with Crippen molar-refractivity contribution in [1.82, 2.24) is 20.4 Å². The van der Waals surface area contributed by atoms with Crippen LogP contribution in [0.25, 0.3) is 0 Å². The molecule has 0 radical (unpaired) electrons. The van der Waals surface area contributed by atoms with E-state index >= 15 is 0 Å². The summed E-state index contributed by atoms with van der Waals surface area (Å²) in [5, 5.41) is 6.81. The van der Waals surface area contributed by atoms with E-state index in [2.05, 4.69) is 50.2 Å². The predicted octanol–water partition coefficient (Wildman–Crippen LogP) is 1.59. The maximum atomic E-state index is 11.2. The number of nitrogens with two attached hydrogens (primary N) is 1. The molecule has 4 N–H and O–H groups in total. The van der Waals surface area contributed by atoms with E-state index in [1.165, 1.54) is 0 Å². The first-order valence-electron chi connectivity index (χ1n) is 9.70. The van der Waals surface area contributed by atoms with Gasteiger partial charge in [-0.2, -0.15) is 0 Å². The molecule has 2 amide bonds. The maximum absolute atomic E-state index is 11.2. The number of hydrogen-bond acceptors (Lipinski definition) is 3. The van der Waals surface area contributed by atoms with E-state index in [0.717, 1.165) is 44.9 Å². The van der Waals surface area contributed by atoms with Gasteiger partial charge in [0.1, 0.15) is 0 Å². The Morgan fingerprint density at radius 2 is 1.84 bits per heavy atom. The summed E-state index contributed by atoms with van der Waals surface area (Å²) in [5.41, 5.74) is 5.34. The number of aliphatic imine (C=N–C) groups is 1. The predicted molar refractivity (Wildman–Crippen MR) is 105 cm³/mol. The molecule has 1 heterocycles. The number of guanidine groups is 1. The van der Waals surface area contributed by atoms with Crippen molar-refractivity contribution in [2.24, 2.45) is 10.7 Å². The van der Waals surface area contributed by atoms with E-state index in [0.29, 0.717) is 31.2 Å². The van der Waals surface area contributed by atoms with Gasteiger partial charge in [0, 0.05) is 50.8 Å². The first kappa shape index (κ1) is 21.5. The van der Waals surface area contributed by atoms with Crippen LogP contribution in [0.3, 0.4) is 0 Å². The molecule has 0 aliphatic carbocycles. The Bertz CT molecular complexity index is 408. The second-order valence-electron chi connectivity index (χ2n) is 7.28. The summed E-state index contributed by atoms with van der Waals surface area (Å²) in [4.78, 5) is 20.1. The zero-order valence-electron chi connectivity index (χ0n) is 16.7. The quantitative estimate of drug-likeness (QED) is 0.351. The lowest BCUT2D eigenvalue weighted by molar-refractivity contribution is 0.174. The number of hydrogen-bond donors (Lipinski definition) is 3. The van der Waals surface area contributed by atoms with Crippen molar-refractivity contribution in [3.8, 4) is 0 Å². The molecule has 0 spiro atoms. The van der Waals surface area contributed by atoms with Crippen molar-refractivity contribution in [3.63, 3.8) is 0 Å². The van der Waals surface area contributed by atoms with E-state index in [1.54, 1.807) is 4.90 Å². The van der Waals surface area contributed by atoms with Gasteiger partial charge in [0.05, 0.1) is 0 Å². The SMILES string of the molecule is CCNC(=NCCCN(C(C)C)C(C)C)NC1CCN(C(N)=O)CC1. The van der Waals surface area contributed by atoms with Crippen LogP contribution >= 0.6 is 0 Å². The second kappa shape index (κ2) is 11.2. The third-order valence-corrected chi connectivity index (χ3v) is 4.66. The monoisotopic (exact) mass is 354 g/mol. The number of piperidine rings is 1. The minimum Gasteiger partial charge on any atom is -0.357 e. The standard InChI is InChI=1S/C18H38N6O/c1-6-20-18(21-10-7-11-24(14(2)3)15(4)5)22-16-8-12-23(13-9-16)17(19)25/h14-16H,6-13H2,1-5H3,(H2,19,25)(H2,20,21,22). The van der Waals surface area contributed by atoms with Gasteiger partial charge >= 0.3 is 6.03 Å². The highest BCUT2D eigenvalue weighted by atomic mass is 16.2. The molecule has 1 fully saturated rings. The maximum Gasteiger partial charge on any atom is 0.314 e. The van der Waals surface area contributed by atoms with Gasteiger partial charge in [0.2, 0.25) is 0 Å². The van der Waals surface area contributed by atoms with Gasteiger partial charge in [-0.1, -0.05) is 0 Å². The molecule has 0 unspecified atom stereocenters. The number of amides is 2. The van der Waals surface area contributed by atoms with E-state index in [9.17, 15) is 4.79 Å². The van der Waals surface area contributed by atoms with E-state index in [4.69, 9.17) is 10.7 Å². The lowest BCUT2D eigenvalue weighted by Crippen LogP contribution is -2.50. The normalized spacial score (nSPS) is 16.8. The highest BCUT2D eigenvalue weighted by Gasteiger charge is 2.21. The smallest absolute Gasteiger partial charge is 0.314 e. The Morgan fingerprint density at radius 1 is 1.24 bits per heavy atom. The lowest BCUT2D eigenvalue weighted by atomic mass is 10.1. The first-order chi connectivity index (χ1) is 11.8. The molecule has 0 aromatic heterocycles. The third kappa shape index (κ3) is 7.94. The van der Waals surface area contributed by atoms with Gasteiger partial charge in [-0.15, -0.1) is 0 Å². The molecule has 1 saturated heterocycles. The van der Waals surface area contributed by atoms with Crippen LogP contribution in [-0.2, 0) is 0 Å². The number of nitrogens with zero attached hydrogens (tertiary/aromatic N) is 3. The Morgan fingerprint density at radius 3 is 2.32 bits per heavy atom. The summed E-state index contributed by atoms with van der Waals surface area (Å²) in [6.07, 6.45) is 2.86. The molecule has 0 bridgehead atoms. The number of carbonyl (C=O) groups excluding carboxylic acids is 1. The van der Waals surface area contributed by atoms with Crippen LogP contribution < -0.4 is 16.4 Å². The summed E-state index contributed by atoms with van der Waals surface area (Å²) in [7, 11) is 0. The second-order valence-corrected chi connectivity index (χ2v) is 7.28. The van der Waals surface area contributed by atoms with E-state index in [1.807, 2.05) is 0 Å². The Balaban J connectivity index is 2.42. The molecule has 1 rings (SSSR count). The van der Waals surface area contributed by atoms with Crippen molar-refractivity contribution in [2.45, 2.75) is 72.0 Å². The average molecular weight is 355 g/mol. The van der Waals surface area contributed by atoms with Crippen LogP contribution in [0.2, 0.25) is 0 Å². The van der Waals surface area contributed by atoms with Gasteiger partial charge in [0.15, 0.2) is 5.96 Å². The fourth-order valence-corrected chi connectivity index (χ4v) is 3.31. The van der Waals surface area contributed by atoms with Gasteiger partial charge in [-0.25, -0.2) is 4.79 Å². The molecule has 25 heavy (non-hydrogen) atoms. The number of carbonyl (C=O) groups is 1. The zero-order chi connectivity index (χ0) is 18.8. The summed E-state index contributed by atoms with van der Waals surface area (Å²) in [6.45, 7) is 15.2. The van der Waals surface area contributed by atoms with Crippen molar-refractivity contribution in [1.29, 1.82) is 0 Å². The fourth-order valence-electron chi connectivity index (χ4n) is 3.31. The summed E-state index contributed by atoms with van der Waals surface area (Å²) in [6, 6.07) is 1.15. The third-order valence-electron chi connectivity index (χ3n) is 4.66. The molecule has 0 atom stereocenters. The van der Waals surface area contributed by atoms with E-state index in [-0.39, 0.29) is 6.03 Å². The molecule has 146 valence electrons. The largest absolute Gasteiger partial charge is 0.357 e. The molecule has 0 aromatic carbocycles. The van der Waals surface area contributed by atoms with Gasteiger partial charge in [0.25, 0.3) is 0 Å².